The van der Waals surface area contributed by atoms with Gasteiger partial charge in [-0.15, -0.1) is 0 Å². The number of aromatic nitrogens is 2. The highest BCUT2D eigenvalue weighted by atomic mass is 79.9. The lowest BCUT2D eigenvalue weighted by Gasteiger charge is -2.10. The van der Waals surface area contributed by atoms with Gasteiger partial charge in [0.1, 0.15) is 5.75 Å². The van der Waals surface area contributed by atoms with Crippen molar-refractivity contribution in [3.8, 4) is 11.6 Å². The molecule has 0 unspecified atom stereocenters. The lowest BCUT2D eigenvalue weighted by Crippen LogP contribution is -1.94. The van der Waals surface area contributed by atoms with Crippen molar-refractivity contribution in [1.29, 1.82) is 0 Å². The summed E-state index contributed by atoms with van der Waals surface area (Å²) >= 11 is 9.38. The molecule has 5 heteroatoms. The predicted molar refractivity (Wildman–Crippen MR) is 83.5 cm³/mol. The second-order valence-electron chi connectivity index (χ2n) is 4.33. The molecule has 0 fully saturated rings. The van der Waals surface area contributed by atoms with Crippen LogP contribution in [-0.4, -0.2) is 9.97 Å². The molecule has 0 amide bonds. The molecule has 0 N–H and O–H groups in total. The topological polar surface area (TPSA) is 35.0 Å². The number of fused-ring (bicyclic) bond motifs is 1. The number of hydrogen-bond donors (Lipinski definition) is 0. The summed E-state index contributed by atoms with van der Waals surface area (Å²) in [5.41, 5.74) is 1.78. The Bertz CT molecular complexity index is 792. The quantitative estimate of drug-likeness (QED) is 0.600. The van der Waals surface area contributed by atoms with Crippen LogP contribution < -0.4 is 4.74 Å². The van der Waals surface area contributed by atoms with E-state index in [0.29, 0.717) is 5.88 Å². The molecule has 2 aromatic carbocycles. The second-order valence-corrected chi connectivity index (χ2v) is 5.58. The van der Waals surface area contributed by atoms with Gasteiger partial charge < -0.3 is 4.74 Å². The molecular formula is C15H10BrClN2O. The standard InChI is InChI=1S/C15H10BrClN2O/c1-9-6-7-10(16)8-13(9)20-14-11-4-2-3-5-12(11)18-15(17)19-14/h2-8H,1H3. The van der Waals surface area contributed by atoms with Crippen molar-refractivity contribution < 1.29 is 4.74 Å². The zero-order valence-corrected chi connectivity index (χ0v) is 12.9. The molecule has 3 rings (SSSR count). The Balaban J connectivity index is 2.13. The Morgan fingerprint density at radius 2 is 1.90 bits per heavy atom. The maximum atomic E-state index is 5.95. The average Bonchev–Trinajstić information content (AvgIpc) is 2.43. The van der Waals surface area contributed by atoms with E-state index < -0.39 is 0 Å². The fraction of sp³-hybridized carbons (Fsp3) is 0.0667. The molecule has 0 atom stereocenters. The van der Waals surface area contributed by atoms with Crippen LogP contribution in [0, 0.1) is 6.92 Å². The molecule has 20 heavy (non-hydrogen) atoms. The van der Waals surface area contributed by atoms with Crippen molar-refractivity contribution in [3.63, 3.8) is 0 Å². The van der Waals surface area contributed by atoms with Gasteiger partial charge in [-0.1, -0.05) is 34.1 Å². The first kappa shape index (κ1) is 13.3. The zero-order valence-electron chi connectivity index (χ0n) is 10.6. The molecule has 0 radical (unpaired) electrons. The predicted octanol–water partition coefficient (Wildman–Crippen LogP) is 5.15. The fourth-order valence-corrected chi connectivity index (χ4v) is 2.39. The maximum Gasteiger partial charge on any atom is 0.231 e. The molecule has 0 aliphatic heterocycles. The third-order valence-electron chi connectivity index (χ3n) is 2.90. The van der Waals surface area contributed by atoms with E-state index >= 15 is 0 Å². The van der Waals surface area contributed by atoms with Gasteiger partial charge in [0, 0.05) is 4.47 Å². The van der Waals surface area contributed by atoms with Crippen LogP contribution >= 0.6 is 27.5 Å². The van der Waals surface area contributed by atoms with Gasteiger partial charge in [-0.2, -0.15) is 4.98 Å². The Morgan fingerprint density at radius 1 is 1.10 bits per heavy atom. The highest BCUT2D eigenvalue weighted by Crippen LogP contribution is 2.31. The highest BCUT2D eigenvalue weighted by Gasteiger charge is 2.10. The van der Waals surface area contributed by atoms with Crippen molar-refractivity contribution in [2.75, 3.05) is 0 Å². The fourth-order valence-electron chi connectivity index (χ4n) is 1.89. The minimum atomic E-state index is 0.173. The highest BCUT2D eigenvalue weighted by molar-refractivity contribution is 9.10. The molecular weight excluding hydrogens is 340 g/mol. The number of benzene rings is 2. The van der Waals surface area contributed by atoms with Gasteiger partial charge in [-0.05, 0) is 48.4 Å². The smallest absolute Gasteiger partial charge is 0.231 e. The third kappa shape index (κ3) is 2.62. The molecule has 0 saturated heterocycles. The summed E-state index contributed by atoms with van der Waals surface area (Å²) in [6.45, 7) is 1.98. The van der Waals surface area contributed by atoms with E-state index in [0.717, 1.165) is 26.7 Å². The van der Waals surface area contributed by atoms with Gasteiger partial charge in [0.25, 0.3) is 0 Å². The van der Waals surface area contributed by atoms with E-state index in [1.165, 1.54) is 0 Å². The Labute approximate surface area is 129 Å². The number of aryl methyl sites for hydroxylation is 1. The molecule has 0 saturated carbocycles. The van der Waals surface area contributed by atoms with Crippen LogP contribution in [0.15, 0.2) is 46.9 Å². The average molecular weight is 350 g/mol. The summed E-state index contributed by atoms with van der Waals surface area (Å²) in [6.07, 6.45) is 0. The number of hydrogen-bond acceptors (Lipinski definition) is 3. The number of rotatable bonds is 2. The zero-order chi connectivity index (χ0) is 14.1. The van der Waals surface area contributed by atoms with Gasteiger partial charge in [0.2, 0.25) is 11.2 Å². The first-order chi connectivity index (χ1) is 9.63. The Morgan fingerprint density at radius 3 is 2.75 bits per heavy atom. The summed E-state index contributed by atoms with van der Waals surface area (Å²) in [5, 5.41) is 1.00. The first-order valence-electron chi connectivity index (χ1n) is 6.00. The van der Waals surface area contributed by atoms with Gasteiger partial charge in [-0.25, -0.2) is 4.98 Å². The number of halogens is 2. The van der Waals surface area contributed by atoms with Gasteiger partial charge in [0.15, 0.2) is 0 Å². The lowest BCUT2D eigenvalue weighted by molar-refractivity contribution is 0.464. The summed E-state index contributed by atoms with van der Waals surface area (Å²) in [4.78, 5) is 8.37. The van der Waals surface area contributed by atoms with E-state index in [9.17, 15) is 0 Å². The number of nitrogens with zero attached hydrogens (tertiary/aromatic N) is 2. The summed E-state index contributed by atoms with van der Waals surface area (Å²) in [7, 11) is 0. The summed E-state index contributed by atoms with van der Waals surface area (Å²) in [6, 6.07) is 13.5. The SMILES string of the molecule is Cc1ccc(Br)cc1Oc1nc(Cl)nc2ccccc12. The van der Waals surface area contributed by atoms with E-state index in [2.05, 4.69) is 25.9 Å². The van der Waals surface area contributed by atoms with Crippen molar-refractivity contribution in [1.82, 2.24) is 9.97 Å². The molecule has 3 nitrogen and oxygen atoms in total. The van der Waals surface area contributed by atoms with Crippen molar-refractivity contribution >= 4 is 38.4 Å². The van der Waals surface area contributed by atoms with Crippen LogP contribution in [0.1, 0.15) is 5.56 Å². The third-order valence-corrected chi connectivity index (χ3v) is 3.56. The molecule has 0 aliphatic carbocycles. The normalized spacial score (nSPS) is 10.8. The lowest BCUT2D eigenvalue weighted by atomic mass is 10.2. The summed E-state index contributed by atoms with van der Waals surface area (Å²) in [5.74, 6) is 1.20. The van der Waals surface area contributed by atoms with Crippen LogP contribution in [0.25, 0.3) is 10.9 Å². The van der Waals surface area contributed by atoms with E-state index in [1.807, 2.05) is 49.4 Å². The Hall–Kier alpha value is -1.65. The van der Waals surface area contributed by atoms with Crippen LogP contribution in [-0.2, 0) is 0 Å². The van der Waals surface area contributed by atoms with E-state index in [-0.39, 0.29) is 5.28 Å². The second kappa shape index (κ2) is 5.38. The number of ether oxygens (including phenoxy) is 1. The Kier molecular flexibility index (Phi) is 3.59. The molecule has 0 bridgehead atoms. The van der Waals surface area contributed by atoms with Crippen LogP contribution in [0.2, 0.25) is 5.28 Å². The minimum absolute atomic E-state index is 0.173. The van der Waals surface area contributed by atoms with Crippen molar-refractivity contribution in [3.05, 3.63) is 57.8 Å². The van der Waals surface area contributed by atoms with Gasteiger partial charge >= 0.3 is 0 Å². The molecule has 0 aliphatic rings. The van der Waals surface area contributed by atoms with Gasteiger partial charge in [0.05, 0.1) is 10.9 Å². The maximum absolute atomic E-state index is 5.95. The van der Waals surface area contributed by atoms with Crippen molar-refractivity contribution in [2.45, 2.75) is 6.92 Å². The molecule has 0 spiro atoms. The molecule has 1 heterocycles. The first-order valence-corrected chi connectivity index (χ1v) is 7.17. The van der Waals surface area contributed by atoms with Crippen LogP contribution in [0.4, 0.5) is 0 Å². The molecule has 100 valence electrons. The summed E-state index contributed by atoms with van der Waals surface area (Å²) < 4.78 is 6.87. The van der Waals surface area contributed by atoms with Crippen LogP contribution in [0.3, 0.4) is 0 Å². The van der Waals surface area contributed by atoms with E-state index in [1.54, 1.807) is 0 Å². The monoisotopic (exact) mass is 348 g/mol. The van der Waals surface area contributed by atoms with Crippen LogP contribution in [0.5, 0.6) is 11.6 Å². The van der Waals surface area contributed by atoms with E-state index in [4.69, 9.17) is 16.3 Å². The largest absolute Gasteiger partial charge is 0.438 e. The number of para-hydroxylation sites is 1. The van der Waals surface area contributed by atoms with Gasteiger partial charge in [-0.3, -0.25) is 0 Å². The minimum Gasteiger partial charge on any atom is -0.438 e. The van der Waals surface area contributed by atoms with Crippen molar-refractivity contribution in [2.24, 2.45) is 0 Å². The molecule has 1 aromatic heterocycles. The molecule has 3 aromatic rings.